The summed E-state index contributed by atoms with van der Waals surface area (Å²) in [5.41, 5.74) is 0. The predicted octanol–water partition coefficient (Wildman–Crippen LogP) is 21.6. The molecule has 0 aromatic rings. The molecule has 0 heterocycles. The third-order valence-electron chi connectivity index (χ3n) is 14.0. The van der Waals surface area contributed by atoms with Gasteiger partial charge in [0.1, 0.15) is 13.2 Å². The molecule has 0 aliphatic rings. The monoisotopic (exact) mass is 1020 g/mol. The van der Waals surface area contributed by atoms with E-state index in [1.165, 1.54) is 199 Å². The standard InChI is InChI=1S/C67H120O6/c1-4-7-10-13-16-19-22-24-26-28-30-32-33-35-36-38-40-42-45-48-51-54-57-60-66(69)72-63-64(62-71-65(68)59-56-53-50-47-44-21-18-15-12-9-6-3)73-67(70)61-58-55-52-49-46-43-41-39-37-34-31-29-27-25-23-20-17-14-11-8-5-2/h15,18,23,25,28-31,37,39,64H,4-14,16-17,19-22,24,26-27,32-36,38,40-63H2,1-3H3/b18-15-,25-23-,30-28-,31-29-,39-37-. The Kier molecular flexibility index (Phi) is 59.2. The number of carbonyl (C=O) groups excluding carboxylic acids is 3. The van der Waals surface area contributed by atoms with Crippen molar-refractivity contribution in [1.29, 1.82) is 0 Å². The molecule has 0 saturated heterocycles. The van der Waals surface area contributed by atoms with Crippen LogP contribution in [0, 0.1) is 0 Å². The van der Waals surface area contributed by atoms with Gasteiger partial charge in [0.25, 0.3) is 0 Å². The van der Waals surface area contributed by atoms with Crippen molar-refractivity contribution in [3.05, 3.63) is 60.8 Å². The Morgan fingerprint density at radius 1 is 0.274 bits per heavy atom. The SMILES string of the molecule is CCCC/C=C\CCCCCCCC(=O)OCC(COC(=O)CCCCCCCCCCCCC/C=C\CCCCCCCCCC)OC(=O)CCCCCCCC/C=C\C/C=C\C/C=C\CCCCCCC. The van der Waals surface area contributed by atoms with Gasteiger partial charge in [0.15, 0.2) is 6.10 Å². The van der Waals surface area contributed by atoms with Crippen molar-refractivity contribution < 1.29 is 28.6 Å². The van der Waals surface area contributed by atoms with Gasteiger partial charge in [-0.1, -0.05) is 268 Å². The minimum atomic E-state index is -0.785. The first kappa shape index (κ1) is 70.1. The third-order valence-corrected chi connectivity index (χ3v) is 14.0. The number of unbranched alkanes of at least 4 members (excludes halogenated alkanes) is 37. The van der Waals surface area contributed by atoms with Crippen molar-refractivity contribution in [2.24, 2.45) is 0 Å². The number of allylic oxidation sites excluding steroid dienone is 10. The molecule has 1 unspecified atom stereocenters. The second-order valence-electron chi connectivity index (χ2n) is 21.3. The fourth-order valence-electron chi connectivity index (χ4n) is 9.13. The molecule has 0 saturated carbocycles. The Morgan fingerprint density at radius 2 is 0.507 bits per heavy atom. The van der Waals surface area contributed by atoms with E-state index in [2.05, 4.69) is 81.5 Å². The molecule has 6 heteroatoms. The molecule has 0 radical (unpaired) electrons. The van der Waals surface area contributed by atoms with E-state index in [1.807, 2.05) is 0 Å². The summed E-state index contributed by atoms with van der Waals surface area (Å²) >= 11 is 0. The molecule has 1 atom stereocenters. The van der Waals surface area contributed by atoms with Gasteiger partial charge < -0.3 is 14.2 Å². The van der Waals surface area contributed by atoms with Crippen LogP contribution in [-0.4, -0.2) is 37.2 Å². The van der Waals surface area contributed by atoms with Crippen molar-refractivity contribution in [3.8, 4) is 0 Å². The van der Waals surface area contributed by atoms with E-state index in [1.54, 1.807) is 0 Å². The van der Waals surface area contributed by atoms with E-state index >= 15 is 0 Å². The van der Waals surface area contributed by atoms with Gasteiger partial charge in [-0.3, -0.25) is 14.4 Å². The van der Waals surface area contributed by atoms with E-state index in [-0.39, 0.29) is 31.1 Å². The van der Waals surface area contributed by atoms with Crippen LogP contribution in [0.3, 0.4) is 0 Å². The fourth-order valence-corrected chi connectivity index (χ4v) is 9.13. The van der Waals surface area contributed by atoms with E-state index in [4.69, 9.17) is 14.2 Å². The van der Waals surface area contributed by atoms with Crippen LogP contribution in [0.5, 0.6) is 0 Å². The number of hydrogen-bond donors (Lipinski definition) is 0. The van der Waals surface area contributed by atoms with Gasteiger partial charge in [0, 0.05) is 19.3 Å². The lowest BCUT2D eigenvalue weighted by molar-refractivity contribution is -0.167. The summed E-state index contributed by atoms with van der Waals surface area (Å²) in [5, 5.41) is 0. The largest absolute Gasteiger partial charge is 0.462 e. The van der Waals surface area contributed by atoms with Crippen LogP contribution in [0.25, 0.3) is 0 Å². The van der Waals surface area contributed by atoms with Gasteiger partial charge >= 0.3 is 17.9 Å². The number of hydrogen-bond acceptors (Lipinski definition) is 6. The molecule has 0 aliphatic heterocycles. The highest BCUT2D eigenvalue weighted by atomic mass is 16.6. The third kappa shape index (κ3) is 59.9. The smallest absolute Gasteiger partial charge is 0.306 e. The Balaban J connectivity index is 4.29. The van der Waals surface area contributed by atoms with Gasteiger partial charge in [-0.2, -0.15) is 0 Å². The van der Waals surface area contributed by atoms with Crippen LogP contribution in [0.1, 0.15) is 329 Å². The number of esters is 3. The number of carbonyl (C=O) groups is 3. The predicted molar refractivity (Wildman–Crippen MR) is 316 cm³/mol. The topological polar surface area (TPSA) is 78.9 Å². The summed E-state index contributed by atoms with van der Waals surface area (Å²) in [6.45, 7) is 6.61. The molecule has 0 amide bonds. The minimum Gasteiger partial charge on any atom is -0.462 e. The molecule has 0 bridgehead atoms. The van der Waals surface area contributed by atoms with Crippen LogP contribution in [0.4, 0.5) is 0 Å². The lowest BCUT2D eigenvalue weighted by atomic mass is 10.0. The average molecular weight is 1020 g/mol. The highest BCUT2D eigenvalue weighted by Crippen LogP contribution is 2.16. The van der Waals surface area contributed by atoms with Crippen molar-refractivity contribution in [2.75, 3.05) is 13.2 Å². The Bertz CT molecular complexity index is 1310. The minimum absolute atomic E-state index is 0.0812. The molecular weight excluding hydrogens is 901 g/mol. The first-order valence-corrected chi connectivity index (χ1v) is 31.8. The molecule has 0 aliphatic carbocycles. The molecule has 6 nitrogen and oxygen atoms in total. The normalized spacial score (nSPS) is 12.4. The van der Waals surface area contributed by atoms with E-state index in [0.29, 0.717) is 19.3 Å². The van der Waals surface area contributed by atoms with Crippen molar-refractivity contribution in [2.45, 2.75) is 335 Å². The maximum Gasteiger partial charge on any atom is 0.306 e. The molecule has 73 heavy (non-hydrogen) atoms. The van der Waals surface area contributed by atoms with Gasteiger partial charge in [-0.25, -0.2) is 0 Å². The van der Waals surface area contributed by atoms with E-state index in [0.717, 1.165) is 89.9 Å². The van der Waals surface area contributed by atoms with Crippen molar-refractivity contribution in [3.63, 3.8) is 0 Å². The summed E-state index contributed by atoms with van der Waals surface area (Å²) in [4.78, 5) is 38.2. The first-order chi connectivity index (χ1) is 36.0. The zero-order chi connectivity index (χ0) is 52.9. The van der Waals surface area contributed by atoms with Crippen LogP contribution in [0.2, 0.25) is 0 Å². The highest BCUT2D eigenvalue weighted by molar-refractivity contribution is 5.71. The Hall–Kier alpha value is -2.89. The van der Waals surface area contributed by atoms with Gasteiger partial charge in [0.2, 0.25) is 0 Å². The van der Waals surface area contributed by atoms with Gasteiger partial charge in [-0.05, 0) is 103 Å². The Morgan fingerprint density at radius 3 is 0.822 bits per heavy atom. The first-order valence-electron chi connectivity index (χ1n) is 31.8. The van der Waals surface area contributed by atoms with E-state index < -0.39 is 6.10 Å². The summed E-state index contributed by atoms with van der Waals surface area (Å²) < 4.78 is 16.9. The van der Waals surface area contributed by atoms with Crippen molar-refractivity contribution in [1.82, 2.24) is 0 Å². The number of ether oxygens (including phenoxy) is 3. The maximum atomic E-state index is 12.9. The van der Waals surface area contributed by atoms with E-state index in [9.17, 15) is 14.4 Å². The number of rotatable bonds is 58. The lowest BCUT2D eigenvalue weighted by Gasteiger charge is -2.18. The molecule has 0 rings (SSSR count). The van der Waals surface area contributed by atoms with Crippen LogP contribution in [-0.2, 0) is 28.6 Å². The zero-order valence-electron chi connectivity index (χ0n) is 48.7. The molecular formula is C67H120O6. The summed E-state index contributed by atoms with van der Waals surface area (Å²) in [5.74, 6) is -0.891. The molecule has 0 aromatic heterocycles. The summed E-state index contributed by atoms with van der Waals surface area (Å²) in [6, 6.07) is 0. The van der Waals surface area contributed by atoms with Crippen LogP contribution in [0.15, 0.2) is 60.8 Å². The molecule has 0 N–H and O–H groups in total. The highest BCUT2D eigenvalue weighted by Gasteiger charge is 2.19. The molecule has 424 valence electrons. The van der Waals surface area contributed by atoms with Crippen molar-refractivity contribution >= 4 is 17.9 Å². The molecule has 0 fully saturated rings. The van der Waals surface area contributed by atoms with Crippen LogP contribution >= 0.6 is 0 Å². The van der Waals surface area contributed by atoms with Crippen LogP contribution < -0.4 is 0 Å². The Labute approximate surface area is 453 Å². The second-order valence-corrected chi connectivity index (χ2v) is 21.3. The molecule has 0 spiro atoms. The lowest BCUT2D eigenvalue weighted by Crippen LogP contribution is -2.30. The zero-order valence-corrected chi connectivity index (χ0v) is 48.7. The second kappa shape index (κ2) is 61.7. The average Bonchev–Trinajstić information content (AvgIpc) is 3.39. The quantitative estimate of drug-likeness (QED) is 0.0261. The fraction of sp³-hybridized carbons (Fsp3) is 0.806. The molecule has 0 aromatic carbocycles. The summed E-state index contributed by atoms with van der Waals surface area (Å²) in [7, 11) is 0. The maximum absolute atomic E-state index is 12.9. The van der Waals surface area contributed by atoms with Gasteiger partial charge in [-0.15, -0.1) is 0 Å². The van der Waals surface area contributed by atoms with Gasteiger partial charge in [0.05, 0.1) is 0 Å². The summed E-state index contributed by atoms with van der Waals surface area (Å²) in [6.07, 6.45) is 78.0.